The van der Waals surface area contributed by atoms with E-state index in [-0.39, 0.29) is 11.9 Å². The molecule has 25 heavy (non-hydrogen) atoms. The van der Waals surface area contributed by atoms with Crippen molar-refractivity contribution in [2.24, 2.45) is 0 Å². The number of benzene rings is 1. The minimum Gasteiger partial charge on any atom is -0.497 e. The van der Waals surface area contributed by atoms with E-state index in [2.05, 4.69) is 11.1 Å². The molecule has 0 radical (unpaired) electrons. The highest BCUT2D eigenvalue weighted by Gasteiger charge is 2.33. The average molecular weight is 335 g/mol. The number of carbonyl (C=O) groups excluding carboxylic acids is 1. The summed E-state index contributed by atoms with van der Waals surface area (Å²) in [7, 11) is 1.66. The van der Waals surface area contributed by atoms with E-state index in [1.165, 1.54) is 0 Å². The molecule has 1 aromatic carbocycles. The quantitative estimate of drug-likeness (QED) is 0.719. The van der Waals surface area contributed by atoms with E-state index in [1.807, 2.05) is 58.1 Å². The van der Waals surface area contributed by atoms with Gasteiger partial charge in [-0.05, 0) is 42.7 Å². The lowest BCUT2D eigenvalue weighted by Gasteiger charge is -2.41. The molecule has 1 amide bonds. The van der Waals surface area contributed by atoms with Gasteiger partial charge in [0.05, 0.1) is 18.8 Å². The zero-order valence-electron chi connectivity index (χ0n) is 14.3. The van der Waals surface area contributed by atoms with Gasteiger partial charge in [-0.1, -0.05) is 18.2 Å². The van der Waals surface area contributed by atoms with Crippen LogP contribution in [0.3, 0.4) is 0 Å². The largest absolute Gasteiger partial charge is 0.497 e. The maximum atomic E-state index is 12.6. The fraction of sp³-hybridized carbons (Fsp3) is 0.300. The first-order valence-electron chi connectivity index (χ1n) is 8.60. The SMILES string of the molecule is COc1cccc(C2CCN2C(=O)CCc2cn3ccccc3n2)c1. The Morgan fingerprint density at radius 2 is 2.20 bits per heavy atom. The monoisotopic (exact) mass is 335 g/mol. The molecule has 1 atom stereocenters. The van der Waals surface area contributed by atoms with E-state index in [4.69, 9.17) is 4.74 Å². The highest BCUT2D eigenvalue weighted by molar-refractivity contribution is 5.78. The van der Waals surface area contributed by atoms with Crippen LogP contribution in [0.15, 0.2) is 54.9 Å². The number of rotatable bonds is 5. The Morgan fingerprint density at radius 1 is 1.28 bits per heavy atom. The fourth-order valence-corrected chi connectivity index (χ4v) is 3.37. The number of imidazole rings is 1. The van der Waals surface area contributed by atoms with Gasteiger partial charge in [-0.2, -0.15) is 0 Å². The number of hydrogen-bond donors (Lipinski definition) is 0. The Balaban J connectivity index is 1.40. The minimum absolute atomic E-state index is 0.170. The molecule has 0 N–H and O–H groups in total. The van der Waals surface area contributed by atoms with Gasteiger partial charge in [0, 0.05) is 25.4 Å². The van der Waals surface area contributed by atoms with Crippen molar-refractivity contribution in [3.63, 3.8) is 0 Å². The van der Waals surface area contributed by atoms with E-state index in [9.17, 15) is 4.79 Å². The van der Waals surface area contributed by atoms with E-state index in [0.29, 0.717) is 12.8 Å². The van der Waals surface area contributed by atoms with Crippen LogP contribution in [-0.4, -0.2) is 33.8 Å². The first-order valence-corrected chi connectivity index (χ1v) is 8.60. The number of ether oxygens (including phenoxy) is 1. The molecule has 0 bridgehead atoms. The van der Waals surface area contributed by atoms with Gasteiger partial charge in [0.1, 0.15) is 11.4 Å². The van der Waals surface area contributed by atoms with Gasteiger partial charge in [-0.25, -0.2) is 4.98 Å². The standard InChI is InChI=1S/C20H21N3O2/c1-25-17-6-4-5-15(13-17)18-10-12-23(18)20(24)9-8-16-14-22-11-3-2-7-19(22)21-16/h2-7,11,13-14,18H,8-10,12H2,1H3. The molecule has 0 aliphatic carbocycles. The topological polar surface area (TPSA) is 46.8 Å². The molecule has 1 aliphatic rings. The van der Waals surface area contributed by atoms with Crippen molar-refractivity contribution in [2.75, 3.05) is 13.7 Å². The van der Waals surface area contributed by atoms with Gasteiger partial charge in [0.2, 0.25) is 5.91 Å². The molecule has 4 rings (SSSR count). The predicted molar refractivity (Wildman–Crippen MR) is 95.6 cm³/mol. The van der Waals surface area contributed by atoms with Crippen LogP contribution < -0.4 is 4.74 Å². The molecular formula is C20H21N3O2. The summed E-state index contributed by atoms with van der Waals surface area (Å²) in [6.45, 7) is 0.825. The number of amides is 1. The van der Waals surface area contributed by atoms with Gasteiger partial charge < -0.3 is 14.0 Å². The van der Waals surface area contributed by atoms with Crippen LogP contribution in [-0.2, 0) is 11.2 Å². The molecule has 3 aromatic rings. The molecule has 0 spiro atoms. The van der Waals surface area contributed by atoms with Crippen LogP contribution in [0, 0.1) is 0 Å². The molecule has 5 heteroatoms. The van der Waals surface area contributed by atoms with Gasteiger partial charge in [-0.15, -0.1) is 0 Å². The molecular weight excluding hydrogens is 314 g/mol. The summed E-state index contributed by atoms with van der Waals surface area (Å²) in [6, 6.07) is 14.1. The molecule has 1 fully saturated rings. The van der Waals surface area contributed by atoms with Gasteiger partial charge >= 0.3 is 0 Å². The van der Waals surface area contributed by atoms with Crippen molar-refractivity contribution in [1.29, 1.82) is 0 Å². The predicted octanol–water partition coefficient (Wildman–Crippen LogP) is 3.25. The number of methoxy groups -OCH3 is 1. The van der Waals surface area contributed by atoms with Gasteiger partial charge in [0.15, 0.2) is 0 Å². The van der Waals surface area contributed by atoms with Gasteiger partial charge in [0.25, 0.3) is 0 Å². The van der Waals surface area contributed by atoms with E-state index in [0.717, 1.165) is 35.6 Å². The van der Waals surface area contributed by atoms with Crippen molar-refractivity contribution in [1.82, 2.24) is 14.3 Å². The second-order valence-electron chi connectivity index (χ2n) is 6.37. The first kappa shape index (κ1) is 15.7. The minimum atomic E-state index is 0.170. The fourth-order valence-electron chi connectivity index (χ4n) is 3.37. The second-order valence-corrected chi connectivity index (χ2v) is 6.37. The van der Waals surface area contributed by atoms with Crippen molar-refractivity contribution < 1.29 is 9.53 Å². The maximum Gasteiger partial charge on any atom is 0.223 e. The van der Waals surface area contributed by atoms with Crippen LogP contribution >= 0.6 is 0 Å². The zero-order valence-corrected chi connectivity index (χ0v) is 14.3. The third-order valence-corrected chi connectivity index (χ3v) is 4.83. The third-order valence-electron chi connectivity index (χ3n) is 4.83. The summed E-state index contributed by atoms with van der Waals surface area (Å²) in [6.07, 6.45) is 6.14. The van der Waals surface area contributed by atoms with Crippen LogP contribution in [0.1, 0.15) is 30.1 Å². The van der Waals surface area contributed by atoms with E-state index in [1.54, 1.807) is 7.11 Å². The second kappa shape index (κ2) is 6.59. The number of carbonyl (C=O) groups is 1. The molecule has 2 aromatic heterocycles. The van der Waals surface area contributed by atoms with Gasteiger partial charge in [-0.3, -0.25) is 4.79 Å². The molecule has 5 nitrogen and oxygen atoms in total. The van der Waals surface area contributed by atoms with E-state index >= 15 is 0 Å². The number of pyridine rings is 1. The number of aromatic nitrogens is 2. The number of hydrogen-bond acceptors (Lipinski definition) is 3. The summed E-state index contributed by atoms with van der Waals surface area (Å²) >= 11 is 0. The molecule has 0 saturated carbocycles. The maximum absolute atomic E-state index is 12.6. The van der Waals surface area contributed by atoms with E-state index < -0.39 is 0 Å². The lowest BCUT2D eigenvalue weighted by atomic mass is 9.94. The number of aryl methyl sites for hydroxylation is 1. The summed E-state index contributed by atoms with van der Waals surface area (Å²) in [5.41, 5.74) is 3.02. The van der Waals surface area contributed by atoms with Crippen LogP contribution in [0.25, 0.3) is 5.65 Å². The Kier molecular flexibility index (Phi) is 4.14. The first-order chi connectivity index (χ1) is 12.2. The third kappa shape index (κ3) is 3.09. The van der Waals surface area contributed by atoms with Crippen LogP contribution in [0.5, 0.6) is 5.75 Å². The molecule has 1 unspecified atom stereocenters. The normalized spacial score (nSPS) is 16.7. The molecule has 128 valence electrons. The number of nitrogens with zero attached hydrogens (tertiary/aromatic N) is 3. The van der Waals surface area contributed by atoms with Crippen LogP contribution in [0.2, 0.25) is 0 Å². The van der Waals surface area contributed by atoms with Crippen LogP contribution in [0.4, 0.5) is 0 Å². The smallest absolute Gasteiger partial charge is 0.223 e. The summed E-state index contributed by atoms with van der Waals surface area (Å²) < 4.78 is 7.28. The van der Waals surface area contributed by atoms with Crippen molar-refractivity contribution >= 4 is 11.6 Å². The van der Waals surface area contributed by atoms with Crippen molar-refractivity contribution in [3.8, 4) is 5.75 Å². The lowest BCUT2D eigenvalue weighted by molar-refractivity contribution is -0.139. The Hall–Kier alpha value is -2.82. The highest BCUT2D eigenvalue weighted by atomic mass is 16.5. The Bertz CT molecular complexity index is 870. The molecule has 1 aliphatic heterocycles. The Labute approximate surface area is 146 Å². The molecule has 1 saturated heterocycles. The summed E-state index contributed by atoms with van der Waals surface area (Å²) in [4.78, 5) is 19.1. The molecule has 3 heterocycles. The summed E-state index contributed by atoms with van der Waals surface area (Å²) in [5.74, 6) is 1.03. The Morgan fingerprint density at radius 3 is 2.96 bits per heavy atom. The average Bonchev–Trinajstić information content (AvgIpc) is 3.02. The van der Waals surface area contributed by atoms with Crippen molar-refractivity contribution in [2.45, 2.75) is 25.3 Å². The lowest BCUT2D eigenvalue weighted by Crippen LogP contribution is -2.45. The highest BCUT2D eigenvalue weighted by Crippen LogP contribution is 2.35. The number of likely N-dealkylation sites (tertiary alicyclic amines) is 1. The zero-order chi connectivity index (χ0) is 17.2. The van der Waals surface area contributed by atoms with Crippen molar-refractivity contribution in [3.05, 3.63) is 66.1 Å². The summed E-state index contributed by atoms with van der Waals surface area (Å²) in [5, 5.41) is 0. The number of fused-ring (bicyclic) bond motifs is 1.